The molecule has 3 saturated heterocycles. The first-order valence-electron chi connectivity index (χ1n) is 13.6. The summed E-state index contributed by atoms with van der Waals surface area (Å²) in [5.41, 5.74) is 9.42. The van der Waals surface area contributed by atoms with Crippen molar-refractivity contribution in [3.63, 3.8) is 0 Å². The number of phenols is 1. The number of ether oxygens (including phenoxy) is 1. The Labute approximate surface area is 231 Å². The Morgan fingerprint density at radius 3 is 2.35 bits per heavy atom. The van der Waals surface area contributed by atoms with E-state index in [0.29, 0.717) is 55.1 Å². The topological polar surface area (TPSA) is 145 Å². The van der Waals surface area contributed by atoms with Crippen molar-refractivity contribution in [3.8, 4) is 22.8 Å². The zero-order valence-electron chi connectivity index (χ0n) is 22.0. The number of anilines is 3. The van der Waals surface area contributed by atoms with Gasteiger partial charge in [0.2, 0.25) is 0 Å². The van der Waals surface area contributed by atoms with E-state index in [2.05, 4.69) is 32.1 Å². The van der Waals surface area contributed by atoms with Crippen LogP contribution in [-0.4, -0.2) is 81.6 Å². The molecule has 6 rings (SSSR count). The number of aromatic hydroxyl groups is 1. The van der Waals surface area contributed by atoms with Crippen LogP contribution in [0.25, 0.3) is 11.3 Å². The molecule has 4 heterocycles. The Morgan fingerprint density at radius 1 is 0.925 bits per heavy atom. The molecule has 40 heavy (non-hydrogen) atoms. The second-order valence-corrected chi connectivity index (χ2v) is 10.6. The zero-order chi connectivity index (χ0) is 27.8. The van der Waals surface area contributed by atoms with Gasteiger partial charge in [-0.15, -0.1) is 10.2 Å². The number of nitrogen functional groups attached to an aromatic ring is 1. The van der Waals surface area contributed by atoms with Crippen molar-refractivity contribution >= 4 is 29.1 Å². The number of benzene rings is 2. The van der Waals surface area contributed by atoms with E-state index in [-0.39, 0.29) is 11.9 Å². The minimum atomic E-state index is -1.42. The molecule has 1 aromatic heterocycles. The molecule has 0 aliphatic carbocycles. The van der Waals surface area contributed by atoms with Crippen molar-refractivity contribution in [1.82, 2.24) is 15.1 Å². The summed E-state index contributed by atoms with van der Waals surface area (Å²) in [5.74, 6) is -0.969. The molecule has 3 aliphatic heterocycles. The van der Waals surface area contributed by atoms with E-state index >= 15 is 0 Å². The van der Waals surface area contributed by atoms with Crippen molar-refractivity contribution in [2.45, 2.75) is 43.9 Å². The van der Waals surface area contributed by atoms with Crippen LogP contribution in [0.3, 0.4) is 0 Å². The minimum Gasteiger partial charge on any atom is -0.507 e. The first kappa shape index (κ1) is 25.7. The second-order valence-electron chi connectivity index (χ2n) is 10.6. The number of hydrogen-bond acceptors (Lipinski definition) is 9. The molecule has 0 unspecified atom stereocenters. The van der Waals surface area contributed by atoms with Crippen LogP contribution in [0.2, 0.25) is 0 Å². The van der Waals surface area contributed by atoms with Gasteiger partial charge in [-0.05, 0) is 43.2 Å². The largest absolute Gasteiger partial charge is 0.507 e. The molecule has 3 aromatic rings. The fourth-order valence-electron chi connectivity index (χ4n) is 6.21. The fraction of sp³-hybridized carbons (Fsp3) is 0.379. The molecule has 2 atom stereocenters. The third-order valence-corrected chi connectivity index (χ3v) is 8.13. The highest BCUT2D eigenvalue weighted by atomic mass is 16.5. The van der Waals surface area contributed by atoms with Gasteiger partial charge < -0.3 is 35.4 Å². The Bertz CT molecular complexity index is 1410. The van der Waals surface area contributed by atoms with E-state index in [9.17, 15) is 14.7 Å². The van der Waals surface area contributed by atoms with Gasteiger partial charge in [0, 0.05) is 68.4 Å². The quantitative estimate of drug-likeness (QED) is 0.410. The molecule has 11 nitrogen and oxygen atoms in total. The molecule has 2 aromatic carbocycles. The maximum atomic E-state index is 11.7. The molecule has 11 heteroatoms. The standard InChI is InChI=1S/C29H32N6O5/c30-27-25(15-24(31-32-27)23-6-1-2-7-26(23)36)34-16-19-8-9-20(17-34)35(19)18-4-3-5-22(14-18)40-21-10-12-33(13-11-21)28(37)29(38)39/h1-7,14-15,19-21,36H,8-13,16-17H2,(H2,30,32)(H,38,39)/t19-,20+. The average molecular weight is 545 g/mol. The molecule has 3 aliphatic rings. The Kier molecular flexibility index (Phi) is 6.79. The van der Waals surface area contributed by atoms with Crippen LogP contribution in [0.4, 0.5) is 17.2 Å². The van der Waals surface area contributed by atoms with Gasteiger partial charge in [-0.1, -0.05) is 18.2 Å². The number of amides is 1. The number of carboxylic acids is 1. The molecular weight excluding hydrogens is 512 g/mol. The molecule has 0 saturated carbocycles. The summed E-state index contributed by atoms with van der Waals surface area (Å²) >= 11 is 0. The number of carbonyl (C=O) groups excluding carboxylic acids is 1. The number of fused-ring (bicyclic) bond motifs is 2. The minimum absolute atomic E-state index is 0.0675. The summed E-state index contributed by atoms with van der Waals surface area (Å²) < 4.78 is 6.26. The first-order chi connectivity index (χ1) is 19.4. The molecular formula is C29H32N6O5. The zero-order valence-corrected chi connectivity index (χ0v) is 22.0. The van der Waals surface area contributed by atoms with Gasteiger partial charge in [-0.3, -0.25) is 4.79 Å². The van der Waals surface area contributed by atoms with E-state index in [1.165, 1.54) is 4.90 Å². The van der Waals surface area contributed by atoms with Crippen LogP contribution >= 0.6 is 0 Å². The van der Waals surface area contributed by atoms with Gasteiger partial charge in [-0.2, -0.15) is 0 Å². The monoisotopic (exact) mass is 544 g/mol. The number of piperidine rings is 1. The van der Waals surface area contributed by atoms with Crippen molar-refractivity contribution in [2.75, 3.05) is 41.7 Å². The number of phenolic OH excluding ortho intramolecular Hbond substituents is 1. The van der Waals surface area contributed by atoms with E-state index in [1.807, 2.05) is 30.3 Å². The number of carboxylic acid groups (broad SMARTS) is 1. The number of carbonyl (C=O) groups is 2. The summed E-state index contributed by atoms with van der Waals surface area (Å²) in [4.78, 5) is 28.8. The lowest BCUT2D eigenvalue weighted by Gasteiger charge is -2.43. The van der Waals surface area contributed by atoms with Gasteiger partial charge in [0.05, 0.1) is 11.4 Å². The summed E-state index contributed by atoms with van der Waals surface area (Å²) in [6, 6.07) is 17.7. The fourth-order valence-corrected chi connectivity index (χ4v) is 6.21. The molecule has 208 valence electrons. The van der Waals surface area contributed by atoms with Crippen LogP contribution in [0.1, 0.15) is 25.7 Å². The molecule has 2 bridgehead atoms. The van der Waals surface area contributed by atoms with Gasteiger partial charge in [0.25, 0.3) is 0 Å². The number of aliphatic carboxylic acids is 1. The molecule has 0 spiro atoms. The maximum Gasteiger partial charge on any atom is 0.394 e. The second kappa shape index (κ2) is 10.6. The number of rotatable bonds is 5. The highest BCUT2D eigenvalue weighted by Gasteiger charge is 2.41. The normalized spacial score (nSPS) is 20.9. The van der Waals surface area contributed by atoms with Crippen molar-refractivity contribution < 1.29 is 24.5 Å². The van der Waals surface area contributed by atoms with Gasteiger partial charge in [-0.25, -0.2) is 4.79 Å². The van der Waals surface area contributed by atoms with Crippen LogP contribution in [-0.2, 0) is 9.59 Å². The van der Waals surface area contributed by atoms with Gasteiger partial charge >= 0.3 is 11.9 Å². The Balaban J connectivity index is 1.14. The first-order valence-corrected chi connectivity index (χ1v) is 13.6. The summed E-state index contributed by atoms with van der Waals surface area (Å²) in [6.07, 6.45) is 3.25. The highest BCUT2D eigenvalue weighted by Crippen LogP contribution is 2.40. The van der Waals surface area contributed by atoms with E-state index in [4.69, 9.17) is 15.6 Å². The number of hydrogen-bond donors (Lipinski definition) is 3. The highest BCUT2D eigenvalue weighted by molar-refractivity contribution is 6.31. The number of aromatic nitrogens is 2. The predicted octanol–water partition coefficient (Wildman–Crippen LogP) is 2.74. The van der Waals surface area contributed by atoms with E-state index in [0.717, 1.165) is 43.1 Å². The van der Waals surface area contributed by atoms with Crippen molar-refractivity contribution in [3.05, 3.63) is 54.6 Å². The van der Waals surface area contributed by atoms with E-state index < -0.39 is 11.9 Å². The smallest absolute Gasteiger partial charge is 0.394 e. The average Bonchev–Trinajstić information content (AvgIpc) is 3.23. The molecule has 0 radical (unpaired) electrons. The lowest BCUT2D eigenvalue weighted by atomic mass is 10.1. The van der Waals surface area contributed by atoms with Crippen LogP contribution in [0.5, 0.6) is 11.5 Å². The SMILES string of the molecule is Nc1nnc(-c2ccccc2O)cc1N1C[C@H]2CC[C@@H](C1)N2c1cccc(OC2CCN(C(=O)C(=O)O)CC2)c1. The number of nitrogens with zero attached hydrogens (tertiary/aromatic N) is 5. The van der Waals surface area contributed by atoms with Crippen LogP contribution in [0, 0.1) is 0 Å². The summed E-state index contributed by atoms with van der Waals surface area (Å²) in [5, 5.41) is 27.7. The molecule has 3 fully saturated rings. The Hall–Kier alpha value is -4.54. The number of likely N-dealkylation sites (tertiary alicyclic amines) is 1. The lowest BCUT2D eigenvalue weighted by molar-refractivity contribution is -0.156. The maximum absolute atomic E-state index is 11.7. The van der Waals surface area contributed by atoms with E-state index in [1.54, 1.807) is 12.1 Å². The third-order valence-electron chi connectivity index (χ3n) is 8.13. The number of piperazine rings is 1. The lowest BCUT2D eigenvalue weighted by Crippen LogP contribution is -2.54. The third kappa shape index (κ3) is 4.94. The van der Waals surface area contributed by atoms with Crippen molar-refractivity contribution in [2.24, 2.45) is 0 Å². The Morgan fingerprint density at radius 2 is 1.65 bits per heavy atom. The summed E-state index contributed by atoms with van der Waals surface area (Å²) in [6.45, 7) is 2.32. The van der Waals surface area contributed by atoms with Crippen molar-refractivity contribution in [1.29, 1.82) is 0 Å². The van der Waals surface area contributed by atoms with Gasteiger partial charge in [0.15, 0.2) is 5.82 Å². The summed E-state index contributed by atoms with van der Waals surface area (Å²) in [7, 11) is 0. The predicted molar refractivity (Wildman–Crippen MR) is 149 cm³/mol. The van der Waals surface area contributed by atoms with Crippen LogP contribution < -0.4 is 20.3 Å². The van der Waals surface area contributed by atoms with Gasteiger partial charge in [0.1, 0.15) is 17.6 Å². The van der Waals surface area contributed by atoms with Crippen LogP contribution in [0.15, 0.2) is 54.6 Å². The molecule has 1 amide bonds. The number of nitrogens with two attached hydrogens (primary N) is 1. The number of para-hydroxylation sites is 1. The molecule has 4 N–H and O–H groups in total.